The van der Waals surface area contributed by atoms with Crippen LogP contribution in [0.4, 0.5) is 0 Å². The maximum absolute atomic E-state index is 12.2. The van der Waals surface area contributed by atoms with Crippen LogP contribution < -0.4 is 10.5 Å². The minimum atomic E-state index is -3.49. The van der Waals surface area contributed by atoms with E-state index in [4.69, 9.17) is 5.73 Å². The van der Waals surface area contributed by atoms with Crippen LogP contribution in [0.1, 0.15) is 30.5 Å². The van der Waals surface area contributed by atoms with Crippen LogP contribution in [0.2, 0.25) is 0 Å². The number of nitrogens with one attached hydrogen (secondary N) is 1. The summed E-state index contributed by atoms with van der Waals surface area (Å²) in [5.41, 5.74) is 8.28. The summed E-state index contributed by atoms with van der Waals surface area (Å²) in [5.74, 6) is 0. The second kappa shape index (κ2) is 7.75. The van der Waals surface area contributed by atoms with Crippen LogP contribution in [-0.4, -0.2) is 15.0 Å². The number of sulfonamides is 1. The molecule has 4 nitrogen and oxygen atoms in total. The molecule has 0 fully saturated rings. The molecule has 0 atom stereocenters. The van der Waals surface area contributed by atoms with E-state index in [9.17, 15) is 8.42 Å². The van der Waals surface area contributed by atoms with Crippen LogP contribution in [0.25, 0.3) is 6.08 Å². The van der Waals surface area contributed by atoms with Crippen molar-refractivity contribution in [2.24, 2.45) is 5.73 Å². The molecule has 0 heterocycles. The van der Waals surface area contributed by atoms with Crippen LogP contribution in [0.5, 0.6) is 0 Å². The normalized spacial score (nSPS) is 12.6. The lowest BCUT2D eigenvalue weighted by molar-refractivity contribution is 0.504. The lowest BCUT2D eigenvalue weighted by atomic mass is 9.84. The summed E-state index contributed by atoms with van der Waals surface area (Å²) in [4.78, 5) is 0. The van der Waals surface area contributed by atoms with Crippen molar-refractivity contribution in [3.05, 3.63) is 76.7 Å². The van der Waals surface area contributed by atoms with E-state index in [0.717, 1.165) is 16.7 Å². The van der Waals surface area contributed by atoms with E-state index in [1.54, 1.807) is 6.08 Å². The predicted octanol–water partition coefficient (Wildman–Crippen LogP) is 3.01. The van der Waals surface area contributed by atoms with Gasteiger partial charge in [0.15, 0.2) is 0 Å². The van der Waals surface area contributed by atoms with Crippen LogP contribution in [-0.2, 0) is 22.0 Å². The van der Waals surface area contributed by atoms with Crippen LogP contribution in [0, 0.1) is 0 Å². The lowest BCUT2D eigenvalue weighted by Gasteiger charge is -2.25. The Kier molecular flexibility index (Phi) is 5.94. The zero-order valence-electron chi connectivity index (χ0n) is 14.1. The number of hydrogen-bond acceptors (Lipinski definition) is 3. The van der Waals surface area contributed by atoms with Crippen LogP contribution in [0.3, 0.4) is 0 Å². The Balaban J connectivity index is 2.06. The maximum atomic E-state index is 12.2. The van der Waals surface area contributed by atoms with E-state index >= 15 is 0 Å². The Labute approximate surface area is 144 Å². The van der Waals surface area contributed by atoms with Gasteiger partial charge in [-0.15, -0.1) is 0 Å². The fraction of sp³-hybridized carbons (Fsp3) is 0.263. The Bertz CT molecular complexity index is 797. The molecule has 0 aromatic heterocycles. The molecule has 0 spiro atoms. The Hall–Kier alpha value is -1.95. The molecule has 2 aromatic rings. The minimum Gasteiger partial charge on any atom is -0.326 e. The standard InChI is InChI=1S/C19H24N2O2S/c1-19(2,18-10-6-9-17(13-18)14-20)15-21-24(22,23)12-11-16-7-4-3-5-8-16/h3-13,21H,14-15,20H2,1-2H3. The monoisotopic (exact) mass is 344 g/mol. The van der Waals surface area contributed by atoms with Crippen molar-refractivity contribution in [3.8, 4) is 0 Å². The van der Waals surface area contributed by atoms with Gasteiger partial charge in [0, 0.05) is 23.9 Å². The molecule has 0 aliphatic carbocycles. The van der Waals surface area contributed by atoms with E-state index in [1.165, 1.54) is 5.41 Å². The molecule has 0 radical (unpaired) electrons. The van der Waals surface area contributed by atoms with Crippen molar-refractivity contribution in [3.63, 3.8) is 0 Å². The second-order valence-corrected chi connectivity index (χ2v) is 8.02. The summed E-state index contributed by atoms with van der Waals surface area (Å²) in [6.45, 7) is 4.79. The maximum Gasteiger partial charge on any atom is 0.233 e. The zero-order valence-corrected chi connectivity index (χ0v) is 14.9. The third-order valence-corrected chi connectivity index (χ3v) is 4.94. The van der Waals surface area contributed by atoms with Crippen molar-refractivity contribution in [2.45, 2.75) is 25.8 Å². The molecule has 0 saturated carbocycles. The van der Waals surface area contributed by atoms with Gasteiger partial charge in [-0.25, -0.2) is 13.1 Å². The fourth-order valence-corrected chi connectivity index (χ4v) is 3.28. The van der Waals surface area contributed by atoms with Gasteiger partial charge in [0.1, 0.15) is 0 Å². The third kappa shape index (κ3) is 5.30. The van der Waals surface area contributed by atoms with Gasteiger partial charge in [0.05, 0.1) is 0 Å². The van der Waals surface area contributed by atoms with E-state index in [2.05, 4.69) is 4.72 Å². The molecular weight excluding hydrogens is 320 g/mol. The average molecular weight is 344 g/mol. The van der Waals surface area contributed by atoms with E-state index in [-0.39, 0.29) is 5.41 Å². The summed E-state index contributed by atoms with van der Waals surface area (Å²) in [6.07, 6.45) is 1.59. The zero-order chi connectivity index (χ0) is 17.6. The predicted molar refractivity (Wildman–Crippen MR) is 99.8 cm³/mol. The second-order valence-electron chi connectivity index (χ2n) is 6.37. The highest BCUT2D eigenvalue weighted by Crippen LogP contribution is 2.23. The Morgan fingerprint density at radius 1 is 1.08 bits per heavy atom. The topological polar surface area (TPSA) is 72.2 Å². The molecule has 24 heavy (non-hydrogen) atoms. The van der Waals surface area contributed by atoms with E-state index < -0.39 is 10.0 Å². The molecule has 0 unspecified atom stereocenters. The first-order valence-corrected chi connectivity index (χ1v) is 9.39. The van der Waals surface area contributed by atoms with Crippen molar-refractivity contribution in [1.82, 2.24) is 4.72 Å². The fourth-order valence-electron chi connectivity index (χ4n) is 2.28. The summed E-state index contributed by atoms with van der Waals surface area (Å²) in [7, 11) is -3.49. The number of hydrogen-bond donors (Lipinski definition) is 2. The first-order valence-electron chi connectivity index (χ1n) is 7.85. The highest BCUT2D eigenvalue weighted by Gasteiger charge is 2.22. The SMILES string of the molecule is CC(C)(CNS(=O)(=O)C=Cc1ccccc1)c1cccc(CN)c1. The molecule has 5 heteroatoms. The molecule has 2 rings (SSSR count). The van der Waals surface area contributed by atoms with Gasteiger partial charge in [-0.05, 0) is 22.8 Å². The number of benzene rings is 2. The molecular formula is C19H24N2O2S. The van der Waals surface area contributed by atoms with E-state index in [0.29, 0.717) is 13.1 Å². The Morgan fingerprint density at radius 2 is 1.79 bits per heavy atom. The van der Waals surface area contributed by atoms with Crippen molar-refractivity contribution >= 4 is 16.1 Å². The number of rotatable bonds is 7. The van der Waals surface area contributed by atoms with Crippen molar-refractivity contribution in [1.29, 1.82) is 0 Å². The molecule has 0 bridgehead atoms. The van der Waals surface area contributed by atoms with Gasteiger partial charge < -0.3 is 5.73 Å². The van der Waals surface area contributed by atoms with Gasteiger partial charge >= 0.3 is 0 Å². The Morgan fingerprint density at radius 3 is 2.46 bits per heavy atom. The van der Waals surface area contributed by atoms with Gasteiger partial charge in [-0.2, -0.15) is 0 Å². The molecule has 128 valence electrons. The molecule has 0 aliphatic heterocycles. The summed E-state index contributed by atoms with van der Waals surface area (Å²) >= 11 is 0. The quantitative estimate of drug-likeness (QED) is 0.811. The number of nitrogens with two attached hydrogens (primary N) is 1. The molecule has 0 aliphatic rings. The van der Waals surface area contributed by atoms with Crippen LogP contribution >= 0.6 is 0 Å². The van der Waals surface area contributed by atoms with Crippen LogP contribution in [0.15, 0.2) is 60.0 Å². The highest BCUT2D eigenvalue weighted by molar-refractivity contribution is 7.92. The van der Waals surface area contributed by atoms with E-state index in [1.807, 2.05) is 68.4 Å². The highest BCUT2D eigenvalue weighted by atomic mass is 32.2. The van der Waals surface area contributed by atoms with Gasteiger partial charge in [-0.1, -0.05) is 68.4 Å². The smallest absolute Gasteiger partial charge is 0.233 e. The molecule has 0 saturated heterocycles. The minimum absolute atomic E-state index is 0.308. The molecule has 2 aromatic carbocycles. The first-order chi connectivity index (χ1) is 11.3. The lowest BCUT2D eigenvalue weighted by Crippen LogP contribution is -2.35. The van der Waals surface area contributed by atoms with Crippen molar-refractivity contribution in [2.75, 3.05) is 6.54 Å². The molecule has 0 amide bonds. The van der Waals surface area contributed by atoms with Gasteiger partial charge in [-0.3, -0.25) is 0 Å². The van der Waals surface area contributed by atoms with Gasteiger partial charge in [0.25, 0.3) is 0 Å². The third-order valence-electron chi connectivity index (χ3n) is 3.90. The summed E-state index contributed by atoms with van der Waals surface area (Å²) < 4.78 is 27.0. The molecule has 3 N–H and O–H groups in total. The first kappa shape index (κ1) is 18.4. The summed E-state index contributed by atoms with van der Waals surface area (Å²) in [5, 5.41) is 1.20. The van der Waals surface area contributed by atoms with Gasteiger partial charge in [0.2, 0.25) is 10.0 Å². The van der Waals surface area contributed by atoms with Crippen molar-refractivity contribution < 1.29 is 8.42 Å². The average Bonchev–Trinajstić information content (AvgIpc) is 2.60. The largest absolute Gasteiger partial charge is 0.326 e. The summed E-state index contributed by atoms with van der Waals surface area (Å²) in [6, 6.07) is 17.3.